The molecule has 0 aliphatic carbocycles. The highest BCUT2D eigenvalue weighted by molar-refractivity contribution is 5.98. The van der Waals surface area contributed by atoms with Crippen LogP contribution >= 0.6 is 0 Å². The molecule has 0 saturated heterocycles. The Morgan fingerprint density at radius 3 is 2.61 bits per heavy atom. The predicted octanol–water partition coefficient (Wildman–Crippen LogP) is 3.89. The minimum atomic E-state index is -0.954. The van der Waals surface area contributed by atoms with Gasteiger partial charge in [0.1, 0.15) is 5.75 Å². The van der Waals surface area contributed by atoms with Gasteiger partial charge < -0.3 is 19.7 Å². The molecule has 0 fully saturated rings. The third-order valence-corrected chi connectivity index (χ3v) is 5.39. The number of para-hydroxylation sites is 3. The molecule has 2 aromatic carbocycles. The van der Waals surface area contributed by atoms with Crippen LogP contribution in [0.2, 0.25) is 0 Å². The lowest BCUT2D eigenvalue weighted by Gasteiger charge is -2.29. The van der Waals surface area contributed by atoms with Gasteiger partial charge in [-0.25, -0.2) is 0 Å². The number of hydrogen-bond acceptors (Lipinski definition) is 5. The number of amides is 2. The van der Waals surface area contributed by atoms with Crippen LogP contribution in [0.5, 0.6) is 5.75 Å². The van der Waals surface area contributed by atoms with Crippen LogP contribution < -0.4 is 15.0 Å². The molecule has 2 aromatic rings. The minimum Gasteiger partial charge on any atom is -0.482 e. The van der Waals surface area contributed by atoms with E-state index in [-0.39, 0.29) is 25.5 Å². The molecule has 0 saturated carbocycles. The first-order chi connectivity index (χ1) is 14.9. The second-order valence-electron chi connectivity index (χ2n) is 7.57. The fourth-order valence-electron chi connectivity index (χ4n) is 3.41. The molecule has 31 heavy (non-hydrogen) atoms. The van der Waals surface area contributed by atoms with Gasteiger partial charge in [-0.1, -0.05) is 44.2 Å². The number of ether oxygens (including phenoxy) is 2. The third kappa shape index (κ3) is 5.42. The molecule has 7 nitrogen and oxygen atoms in total. The molecular weight excluding hydrogens is 396 g/mol. The first kappa shape index (κ1) is 22.3. The molecule has 7 heteroatoms. The highest BCUT2D eigenvalue weighted by atomic mass is 16.5. The number of nitrogens with one attached hydrogen (secondary N) is 1. The van der Waals surface area contributed by atoms with E-state index in [0.29, 0.717) is 17.4 Å². The van der Waals surface area contributed by atoms with Gasteiger partial charge in [-0.3, -0.25) is 14.4 Å². The molecule has 0 radical (unpaired) electrons. The smallest absolute Gasteiger partial charge is 0.308 e. The molecule has 1 aliphatic rings. The topological polar surface area (TPSA) is 84.9 Å². The lowest BCUT2D eigenvalue weighted by molar-refractivity contribution is -0.153. The molecule has 164 valence electrons. The average Bonchev–Trinajstić information content (AvgIpc) is 2.78. The van der Waals surface area contributed by atoms with E-state index in [2.05, 4.69) is 19.2 Å². The van der Waals surface area contributed by atoms with E-state index in [9.17, 15) is 14.4 Å². The van der Waals surface area contributed by atoms with E-state index in [0.717, 1.165) is 17.7 Å². The van der Waals surface area contributed by atoms with Crippen molar-refractivity contribution in [2.45, 2.75) is 45.6 Å². The first-order valence-electron chi connectivity index (χ1n) is 10.5. The Balaban J connectivity index is 1.55. The predicted molar refractivity (Wildman–Crippen MR) is 118 cm³/mol. The second-order valence-corrected chi connectivity index (χ2v) is 7.57. The highest BCUT2D eigenvalue weighted by Crippen LogP contribution is 2.31. The zero-order valence-corrected chi connectivity index (χ0v) is 18.1. The van der Waals surface area contributed by atoms with E-state index in [1.807, 2.05) is 30.3 Å². The van der Waals surface area contributed by atoms with Crippen LogP contribution in [0.15, 0.2) is 48.5 Å². The summed E-state index contributed by atoms with van der Waals surface area (Å²) in [6, 6.07) is 14.8. The van der Waals surface area contributed by atoms with E-state index >= 15 is 0 Å². The maximum Gasteiger partial charge on any atom is 0.308 e. The summed E-state index contributed by atoms with van der Waals surface area (Å²) < 4.78 is 10.7. The Bertz CT molecular complexity index is 958. The largest absolute Gasteiger partial charge is 0.482 e. The monoisotopic (exact) mass is 424 g/mol. The number of carbonyl (C=O) groups excluding carboxylic acids is 3. The lowest BCUT2D eigenvalue weighted by Crippen LogP contribution is -2.40. The fraction of sp³-hybridized carbons (Fsp3) is 0.375. The minimum absolute atomic E-state index is 0.0266. The number of rotatable bonds is 8. The summed E-state index contributed by atoms with van der Waals surface area (Å²) in [4.78, 5) is 38.6. The van der Waals surface area contributed by atoms with Crippen molar-refractivity contribution in [3.8, 4) is 5.75 Å². The molecule has 0 bridgehead atoms. The molecule has 0 aromatic heterocycles. The lowest BCUT2D eigenvalue weighted by atomic mass is 9.97. The Labute approximate surface area is 182 Å². The maximum absolute atomic E-state index is 12.6. The summed E-state index contributed by atoms with van der Waals surface area (Å²) in [7, 11) is 0. The van der Waals surface area contributed by atoms with Crippen LogP contribution in [0.1, 0.15) is 45.1 Å². The van der Waals surface area contributed by atoms with Crippen molar-refractivity contribution in [2.24, 2.45) is 0 Å². The molecule has 2 atom stereocenters. The molecule has 1 heterocycles. The Hall–Kier alpha value is -3.35. The summed E-state index contributed by atoms with van der Waals surface area (Å²) in [6.45, 7) is 5.81. The molecule has 1 N–H and O–H groups in total. The molecule has 1 aliphatic heterocycles. The van der Waals surface area contributed by atoms with Crippen LogP contribution in [0.25, 0.3) is 0 Å². The Morgan fingerprint density at radius 2 is 1.84 bits per heavy atom. The SMILES string of the molecule is CC[C@H](C)c1ccccc1NC(=O)[C@H](C)OC(=O)CCN1C(=O)COc2ccccc21. The number of benzene rings is 2. The van der Waals surface area contributed by atoms with Gasteiger partial charge in [0.25, 0.3) is 11.8 Å². The standard InChI is InChI=1S/C24H28N2O5/c1-4-16(2)18-9-5-6-10-19(18)25-24(29)17(3)31-23(28)13-14-26-20-11-7-8-12-21(20)30-15-22(26)27/h5-12,16-17H,4,13-15H2,1-3H3,(H,25,29)/t16-,17-/m0/s1. The van der Waals surface area contributed by atoms with E-state index in [1.54, 1.807) is 18.2 Å². The zero-order valence-electron chi connectivity index (χ0n) is 18.1. The molecule has 0 spiro atoms. The van der Waals surface area contributed by atoms with Gasteiger partial charge in [0, 0.05) is 12.2 Å². The number of nitrogens with zero attached hydrogens (tertiary/aromatic N) is 1. The van der Waals surface area contributed by atoms with Crippen molar-refractivity contribution in [1.82, 2.24) is 0 Å². The van der Waals surface area contributed by atoms with Crippen LogP contribution in [0.3, 0.4) is 0 Å². The van der Waals surface area contributed by atoms with E-state index in [1.165, 1.54) is 11.8 Å². The maximum atomic E-state index is 12.6. The van der Waals surface area contributed by atoms with Crippen LogP contribution in [0, 0.1) is 0 Å². The van der Waals surface area contributed by atoms with Gasteiger partial charge in [-0.2, -0.15) is 0 Å². The molecular formula is C24H28N2O5. The number of fused-ring (bicyclic) bond motifs is 1. The molecule has 2 amide bonds. The summed E-state index contributed by atoms with van der Waals surface area (Å²) in [6.07, 6.45) is -0.0349. The number of anilines is 2. The van der Waals surface area contributed by atoms with Crippen LogP contribution in [-0.2, 0) is 19.1 Å². The second kappa shape index (κ2) is 10.1. The van der Waals surface area contributed by atoms with Crippen LogP contribution in [0.4, 0.5) is 11.4 Å². The first-order valence-corrected chi connectivity index (χ1v) is 10.5. The van der Waals surface area contributed by atoms with Gasteiger partial charge in [0.05, 0.1) is 12.1 Å². The highest BCUT2D eigenvalue weighted by Gasteiger charge is 2.26. The van der Waals surface area contributed by atoms with Crippen molar-refractivity contribution in [3.05, 3.63) is 54.1 Å². The van der Waals surface area contributed by atoms with Crippen molar-refractivity contribution < 1.29 is 23.9 Å². The number of carbonyl (C=O) groups is 3. The average molecular weight is 424 g/mol. The third-order valence-electron chi connectivity index (χ3n) is 5.39. The van der Waals surface area contributed by atoms with Gasteiger partial charge in [0.2, 0.25) is 0 Å². The van der Waals surface area contributed by atoms with E-state index < -0.39 is 18.0 Å². The Morgan fingerprint density at radius 1 is 1.13 bits per heavy atom. The molecule has 3 rings (SSSR count). The normalized spacial score (nSPS) is 14.8. The van der Waals surface area contributed by atoms with Crippen molar-refractivity contribution in [1.29, 1.82) is 0 Å². The summed E-state index contributed by atoms with van der Waals surface area (Å²) in [5.41, 5.74) is 2.39. The Kier molecular flexibility index (Phi) is 7.28. The number of hydrogen-bond donors (Lipinski definition) is 1. The quantitative estimate of drug-likeness (QED) is 0.650. The van der Waals surface area contributed by atoms with Gasteiger partial charge in [-0.05, 0) is 43.0 Å². The van der Waals surface area contributed by atoms with Crippen molar-refractivity contribution in [3.63, 3.8) is 0 Å². The van der Waals surface area contributed by atoms with E-state index in [4.69, 9.17) is 9.47 Å². The fourth-order valence-corrected chi connectivity index (χ4v) is 3.41. The van der Waals surface area contributed by atoms with Crippen LogP contribution in [-0.4, -0.2) is 37.0 Å². The van der Waals surface area contributed by atoms with Gasteiger partial charge >= 0.3 is 5.97 Å². The molecule has 0 unspecified atom stereocenters. The summed E-state index contributed by atoms with van der Waals surface area (Å²) in [5.74, 6) is -0.267. The summed E-state index contributed by atoms with van der Waals surface area (Å²) >= 11 is 0. The summed E-state index contributed by atoms with van der Waals surface area (Å²) in [5, 5.41) is 2.86. The van der Waals surface area contributed by atoms with Gasteiger partial charge in [-0.15, -0.1) is 0 Å². The zero-order chi connectivity index (χ0) is 22.4. The van der Waals surface area contributed by atoms with Crippen molar-refractivity contribution >= 4 is 29.2 Å². The number of esters is 1. The van der Waals surface area contributed by atoms with Gasteiger partial charge in [0.15, 0.2) is 12.7 Å². The van der Waals surface area contributed by atoms with Crippen molar-refractivity contribution in [2.75, 3.05) is 23.4 Å².